The number of H-pyrrole nitrogens is 1. The second-order valence-electron chi connectivity index (χ2n) is 4.24. The van der Waals surface area contributed by atoms with Crippen molar-refractivity contribution in [3.05, 3.63) is 46.2 Å². The molecule has 0 aliphatic carbocycles. The van der Waals surface area contributed by atoms with Gasteiger partial charge in [-0.15, -0.1) is 0 Å². The smallest absolute Gasteiger partial charge is 0.270 e. The molecule has 0 aliphatic rings. The lowest BCUT2D eigenvalue weighted by atomic mass is 10.1. The van der Waals surface area contributed by atoms with Crippen LogP contribution < -0.4 is 11.3 Å². The van der Waals surface area contributed by atoms with Crippen molar-refractivity contribution in [1.29, 1.82) is 5.26 Å². The topological polar surface area (TPSA) is 95.6 Å². The van der Waals surface area contributed by atoms with Gasteiger partial charge in [0.2, 0.25) is 0 Å². The van der Waals surface area contributed by atoms with Crippen LogP contribution in [0, 0.1) is 11.3 Å². The Bertz CT molecular complexity index is 691. The first-order chi connectivity index (χ1) is 9.65. The van der Waals surface area contributed by atoms with Crippen LogP contribution >= 0.6 is 11.8 Å². The molecular formula is C14H14N4OS. The minimum atomic E-state index is -0.423. The van der Waals surface area contributed by atoms with Crippen molar-refractivity contribution in [2.24, 2.45) is 5.73 Å². The zero-order valence-electron chi connectivity index (χ0n) is 11.0. The Labute approximate surface area is 120 Å². The van der Waals surface area contributed by atoms with E-state index in [0.29, 0.717) is 17.4 Å². The fourth-order valence-electron chi connectivity index (χ4n) is 1.66. The molecular weight excluding hydrogens is 272 g/mol. The zero-order chi connectivity index (χ0) is 14.5. The number of thioether (sulfide) groups is 1. The Hall–Kier alpha value is -2.10. The molecule has 0 fully saturated rings. The summed E-state index contributed by atoms with van der Waals surface area (Å²) in [6, 6.07) is 11.1. The number of hydrogen-bond acceptors (Lipinski definition) is 5. The molecule has 2 rings (SSSR count). The van der Waals surface area contributed by atoms with Crippen LogP contribution in [-0.2, 0) is 0 Å². The highest BCUT2D eigenvalue weighted by molar-refractivity contribution is 7.99. The highest BCUT2D eigenvalue weighted by Gasteiger charge is 2.14. The van der Waals surface area contributed by atoms with Gasteiger partial charge in [0.25, 0.3) is 5.56 Å². The Morgan fingerprint density at radius 3 is 2.75 bits per heavy atom. The van der Waals surface area contributed by atoms with Gasteiger partial charge in [-0.2, -0.15) is 5.26 Å². The molecule has 1 unspecified atom stereocenters. The van der Waals surface area contributed by atoms with Crippen LogP contribution in [-0.4, -0.2) is 21.8 Å². The second-order valence-corrected chi connectivity index (χ2v) is 5.66. The fourth-order valence-corrected chi connectivity index (χ4v) is 2.43. The molecule has 1 aromatic carbocycles. The monoisotopic (exact) mass is 286 g/mol. The molecule has 1 atom stereocenters. The number of rotatable bonds is 4. The molecule has 0 saturated carbocycles. The van der Waals surface area contributed by atoms with Gasteiger partial charge in [-0.25, -0.2) is 4.98 Å². The van der Waals surface area contributed by atoms with Gasteiger partial charge in [-0.3, -0.25) is 4.79 Å². The van der Waals surface area contributed by atoms with Crippen LogP contribution in [0.1, 0.15) is 12.5 Å². The molecule has 0 saturated heterocycles. The third-order valence-electron chi connectivity index (χ3n) is 2.70. The van der Waals surface area contributed by atoms with Gasteiger partial charge in [0.1, 0.15) is 11.6 Å². The van der Waals surface area contributed by atoms with Crippen LogP contribution in [0.4, 0.5) is 0 Å². The Kier molecular flexibility index (Phi) is 4.56. The highest BCUT2D eigenvalue weighted by Crippen LogP contribution is 2.23. The molecule has 0 spiro atoms. The first kappa shape index (κ1) is 14.3. The van der Waals surface area contributed by atoms with Crippen LogP contribution in [0.3, 0.4) is 0 Å². The van der Waals surface area contributed by atoms with Crippen LogP contribution in [0.5, 0.6) is 0 Å². The number of aromatic amines is 1. The third-order valence-corrected chi connectivity index (χ3v) is 3.71. The molecule has 1 aromatic heterocycles. The lowest BCUT2D eigenvalue weighted by Crippen LogP contribution is -2.18. The molecule has 102 valence electrons. The van der Waals surface area contributed by atoms with Gasteiger partial charge in [0.15, 0.2) is 5.16 Å². The molecule has 3 N–H and O–H groups in total. The SMILES string of the molecule is CC(CN)Sc1nc(-c2ccccc2)c(C#N)c(=O)[nH]1. The summed E-state index contributed by atoms with van der Waals surface area (Å²) in [6.45, 7) is 2.43. The van der Waals surface area contributed by atoms with E-state index in [-0.39, 0.29) is 10.8 Å². The summed E-state index contributed by atoms with van der Waals surface area (Å²) in [7, 11) is 0. The second kappa shape index (κ2) is 6.37. The molecule has 6 heteroatoms. The molecule has 1 heterocycles. The third kappa shape index (κ3) is 3.07. The van der Waals surface area contributed by atoms with E-state index in [1.165, 1.54) is 11.8 Å². The zero-order valence-corrected chi connectivity index (χ0v) is 11.8. The predicted molar refractivity (Wildman–Crippen MR) is 79.4 cm³/mol. The first-order valence-corrected chi connectivity index (χ1v) is 7.00. The van der Waals surface area contributed by atoms with Crippen molar-refractivity contribution >= 4 is 11.8 Å². The number of benzene rings is 1. The summed E-state index contributed by atoms with van der Waals surface area (Å²) < 4.78 is 0. The van der Waals surface area contributed by atoms with Crippen LogP contribution in [0.2, 0.25) is 0 Å². The lowest BCUT2D eigenvalue weighted by molar-refractivity contribution is 0.902. The molecule has 20 heavy (non-hydrogen) atoms. The van der Waals surface area contributed by atoms with Gasteiger partial charge in [0, 0.05) is 17.4 Å². The van der Waals surface area contributed by atoms with Gasteiger partial charge in [-0.1, -0.05) is 49.0 Å². The summed E-state index contributed by atoms with van der Waals surface area (Å²) in [4.78, 5) is 19.0. The van der Waals surface area contributed by atoms with E-state index in [4.69, 9.17) is 11.0 Å². The molecule has 0 amide bonds. The van der Waals surface area contributed by atoms with E-state index in [1.54, 1.807) is 0 Å². The molecule has 5 nitrogen and oxygen atoms in total. The molecule has 0 bridgehead atoms. The molecule has 0 aliphatic heterocycles. The summed E-state index contributed by atoms with van der Waals surface area (Å²) >= 11 is 1.38. The standard InChI is InChI=1S/C14H14N4OS/c1-9(7-15)20-14-17-12(10-5-3-2-4-6-10)11(8-16)13(19)18-14/h2-6,9H,7,15H2,1H3,(H,17,18,19). The minimum absolute atomic E-state index is 0.0287. The Morgan fingerprint density at radius 2 is 2.15 bits per heavy atom. The van der Waals surface area contributed by atoms with Gasteiger partial charge in [-0.05, 0) is 0 Å². The molecule has 2 aromatic rings. The van der Waals surface area contributed by atoms with Crippen LogP contribution in [0.25, 0.3) is 11.3 Å². The normalized spacial score (nSPS) is 11.8. The average Bonchev–Trinajstić information content (AvgIpc) is 2.47. The highest BCUT2D eigenvalue weighted by atomic mass is 32.2. The average molecular weight is 286 g/mol. The van der Waals surface area contributed by atoms with Crippen molar-refractivity contribution in [1.82, 2.24) is 9.97 Å². The van der Waals surface area contributed by atoms with E-state index < -0.39 is 5.56 Å². The summed E-state index contributed by atoms with van der Waals surface area (Å²) in [5, 5.41) is 9.75. The van der Waals surface area contributed by atoms with E-state index in [1.807, 2.05) is 43.3 Å². The van der Waals surface area contributed by atoms with Crippen molar-refractivity contribution < 1.29 is 0 Å². The summed E-state index contributed by atoms with van der Waals surface area (Å²) in [5.41, 5.74) is 6.33. The summed E-state index contributed by atoms with van der Waals surface area (Å²) in [6.07, 6.45) is 0. The largest absolute Gasteiger partial charge is 0.329 e. The minimum Gasteiger partial charge on any atom is -0.329 e. The van der Waals surface area contributed by atoms with E-state index in [9.17, 15) is 4.79 Å². The van der Waals surface area contributed by atoms with E-state index >= 15 is 0 Å². The predicted octanol–water partition coefficient (Wildman–Crippen LogP) is 1.75. The van der Waals surface area contributed by atoms with Crippen molar-refractivity contribution in [2.75, 3.05) is 6.54 Å². The summed E-state index contributed by atoms with van der Waals surface area (Å²) in [5.74, 6) is 0. The number of nitrogens with zero attached hydrogens (tertiary/aromatic N) is 2. The maximum atomic E-state index is 12.0. The van der Waals surface area contributed by atoms with E-state index in [2.05, 4.69) is 9.97 Å². The number of aromatic nitrogens is 2. The van der Waals surface area contributed by atoms with Crippen LogP contribution in [0.15, 0.2) is 40.3 Å². The number of nitrogens with two attached hydrogens (primary N) is 1. The Morgan fingerprint density at radius 1 is 1.45 bits per heavy atom. The fraction of sp³-hybridized carbons (Fsp3) is 0.214. The van der Waals surface area contributed by atoms with E-state index in [0.717, 1.165) is 5.56 Å². The number of hydrogen-bond donors (Lipinski definition) is 2. The quantitative estimate of drug-likeness (QED) is 0.659. The lowest BCUT2D eigenvalue weighted by Gasteiger charge is -2.09. The van der Waals surface area contributed by atoms with Gasteiger partial charge < -0.3 is 10.7 Å². The van der Waals surface area contributed by atoms with Crippen molar-refractivity contribution in [2.45, 2.75) is 17.3 Å². The van der Waals surface area contributed by atoms with Crippen molar-refractivity contribution in [3.8, 4) is 17.3 Å². The maximum absolute atomic E-state index is 12.0. The number of nitriles is 1. The Balaban J connectivity index is 2.55. The van der Waals surface area contributed by atoms with Gasteiger partial charge >= 0.3 is 0 Å². The van der Waals surface area contributed by atoms with Crippen molar-refractivity contribution in [3.63, 3.8) is 0 Å². The number of nitrogens with one attached hydrogen (secondary N) is 1. The maximum Gasteiger partial charge on any atom is 0.270 e. The molecule has 0 radical (unpaired) electrons. The first-order valence-electron chi connectivity index (χ1n) is 6.12. The van der Waals surface area contributed by atoms with Gasteiger partial charge in [0.05, 0.1) is 5.69 Å².